The van der Waals surface area contributed by atoms with Crippen molar-refractivity contribution in [2.75, 3.05) is 13.1 Å². The van der Waals surface area contributed by atoms with Crippen molar-refractivity contribution in [3.63, 3.8) is 0 Å². The first-order valence-corrected chi connectivity index (χ1v) is 6.86. The van der Waals surface area contributed by atoms with Gasteiger partial charge in [-0.2, -0.15) is 0 Å². The van der Waals surface area contributed by atoms with Gasteiger partial charge < -0.3 is 5.21 Å². The molecule has 2 bridgehead atoms. The Balaban J connectivity index is 1.77. The molecule has 1 heterocycles. The summed E-state index contributed by atoms with van der Waals surface area (Å²) in [5.41, 5.74) is 1.11. The van der Waals surface area contributed by atoms with Crippen molar-refractivity contribution in [1.82, 2.24) is 4.90 Å². The maximum atomic E-state index is 9.22. The van der Waals surface area contributed by atoms with Crippen molar-refractivity contribution in [2.24, 2.45) is 17.0 Å². The number of rotatable bonds is 1. The van der Waals surface area contributed by atoms with E-state index in [1.54, 1.807) is 0 Å². The van der Waals surface area contributed by atoms with Gasteiger partial charge in [-0.15, -0.1) is 0 Å². The zero-order chi connectivity index (χ0) is 11.0. The average Bonchev–Trinajstić information content (AvgIpc) is 2.80. The van der Waals surface area contributed by atoms with E-state index in [2.05, 4.69) is 10.1 Å². The van der Waals surface area contributed by atoms with Crippen molar-refractivity contribution in [2.45, 2.75) is 51.0 Å². The van der Waals surface area contributed by atoms with Crippen LogP contribution in [0.25, 0.3) is 0 Å². The summed E-state index contributed by atoms with van der Waals surface area (Å²) in [7, 11) is 0. The van der Waals surface area contributed by atoms with Crippen molar-refractivity contribution in [1.29, 1.82) is 0 Å². The van der Waals surface area contributed by atoms with Gasteiger partial charge in [-0.05, 0) is 51.1 Å². The zero-order valence-corrected chi connectivity index (χ0v) is 9.94. The van der Waals surface area contributed by atoms with Crippen LogP contribution < -0.4 is 0 Å². The predicted molar refractivity (Wildman–Crippen MR) is 63.9 cm³/mol. The normalized spacial score (nSPS) is 42.8. The molecule has 0 radical (unpaired) electrons. The van der Waals surface area contributed by atoms with Crippen molar-refractivity contribution >= 4 is 5.71 Å². The van der Waals surface area contributed by atoms with Crippen molar-refractivity contribution < 1.29 is 5.21 Å². The molecule has 3 heteroatoms. The molecule has 0 aromatic heterocycles. The maximum absolute atomic E-state index is 9.22. The molecule has 2 aliphatic carbocycles. The number of oxime groups is 1. The Hall–Kier alpha value is -0.570. The Morgan fingerprint density at radius 1 is 1.06 bits per heavy atom. The molecule has 0 unspecified atom stereocenters. The standard InChI is InChI=1S/C13H22N2O/c16-14-12-10-5-6-11(9-10)13(12)15-7-3-1-2-4-8-15/h10-11,13,16H,1-9H2/b14-12-/t10-,11-,13+/m0/s1. The Morgan fingerprint density at radius 3 is 2.50 bits per heavy atom. The molecule has 16 heavy (non-hydrogen) atoms. The van der Waals surface area contributed by atoms with Crippen molar-refractivity contribution in [3.8, 4) is 0 Å². The second-order valence-corrected chi connectivity index (χ2v) is 5.69. The first-order valence-electron chi connectivity index (χ1n) is 6.86. The molecule has 3 rings (SSSR count). The van der Waals surface area contributed by atoms with Crippen LogP contribution in [0, 0.1) is 11.8 Å². The van der Waals surface area contributed by atoms with Gasteiger partial charge in [0.05, 0.1) is 11.8 Å². The van der Waals surface area contributed by atoms with E-state index in [4.69, 9.17) is 0 Å². The van der Waals surface area contributed by atoms with Gasteiger partial charge in [0, 0.05) is 5.92 Å². The van der Waals surface area contributed by atoms with E-state index in [-0.39, 0.29) is 0 Å². The van der Waals surface area contributed by atoms with Crippen LogP contribution in [0.15, 0.2) is 5.16 Å². The second kappa shape index (κ2) is 4.36. The lowest BCUT2D eigenvalue weighted by Crippen LogP contribution is -2.45. The van der Waals surface area contributed by atoms with Gasteiger partial charge in [-0.3, -0.25) is 4.90 Å². The monoisotopic (exact) mass is 222 g/mol. The van der Waals surface area contributed by atoms with Crippen molar-refractivity contribution in [3.05, 3.63) is 0 Å². The summed E-state index contributed by atoms with van der Waals surface area (Å²) < 4.78 is 0. The van der Waals surface area contributed by atoms with Gasteiger partial charge in [0.2, 0.25) is 0 Å². The molecule has 2 saturated carbocycles. The Kier molecular flexibility index (Phi) is 2.88. The van der Waals surface area contributed by atoms with E-state index in [0.717, 1.165) is 11.6 Å². The number of fused-ring (bicyclic) bond motifs is 2. The number of hydrogen-bond acceptors (Lipinski definition) is 3. The lowest BCUT2D eigenvalue weighted by molar-refractivity contribution is 0.197. The van der Waals surface area contributed by atoms with Crippen LogP contribution in [0.4, 0.5) is 0 Å². The third kappa shape index (κ3) is 1.65. The molecule has 0 spiro atoms. The molecule has 1 saturated heterocycles. The smallest absolute Gasteiger partial charge is 0.0775 e. The summed E-state index contributed by atoms with van der Waals surface area (Å²) in [5, 5.41) is 12.9. The van der Waals surface area contributed by atoms with Crippen LogP contribution in [0.5, 0.6) is 0 Å². The van der Waals surface area contributed by atoms with Crippen LogP contribution in [-0.2, 0) is 0 Å². The van der Waals surface area contributed by atoms with Crippen LogP contribution in [0.1, 0.15) is 44.9 Å². The highest BCUT2D eigenvalue weighted by molar-refractivity contribution is 5.94. The highest BCUT2D eigenvalue weighted by Gasteiger charge is 2.47. The third-order valence-corrected chi connectivity index (χ3v) is 4.79. The number of hydrogen-bond donors (Lipinski definition) is 1. The molecule has 90 valence electrons. The predicted octanol–water partition coefficient (Wildman–Crippen LogP) is 2.49. The van der Waals surface area contributed by atoms with Crippen LogP contribution in [0.2, 0.25) is 0 Å². The van der Waals surface area contributed by atoms with Gasteiger partial charge in [0.25, 0.3) is 0 Å². The summed E-state index contributed by atoms with van der Waals surface area (Å²) >= 11 is 0. The maximum Gasteiger partial charge on any atom is 0.0775 e. The minimum atomic E-state index is 0.488. The van der Waals surface area contributed by atoms with Crippen LogP contribution in [-0.4, -0.2) is 35.0 Å². The molecule has 3 atom stereocenters. The molecule has 3 aliphatic rings. The first-order chi connectivity index (χ1) is 7.90. The van der Waals surface area contributed by atoms with Gasteiger partial charge in [0.15, 0.2) is 0 Å². The minimum absolute atomic E-state index is 0.488. The zero-order valence-electron chi connectivity index (χ0n) is 9.94. The summed E-state index contributed by atoms with van der Waals surface area (Å²) in [4.78, 5) is 2.60. The second-order valence-electron chi connectivity index (χ2n) is 5.69. The number of likely N-dealkylation sites (tertiary alicyclic amines) is 1. The van der Waals surface area contributed by atoms with Gasteiger partial charge in [-0.1, -0.05) is 18.0 Å². The molecule has 0 aromatic carbocycles. The molecule has 0 aromatic rings. The van der Waals surface area contributed by atoms with E-state index in [9.17, 15) is 5.21 Å². The van der Waals surface area contributed by atoms with E-state index in [0.29, 0.717) is 12.0 Å². The van der Waals surface area contributed by atoms with E-state index >= 15 is 0 Å². The summed E-state index contributed by atoms with van der Waals surface area (Å²) in [6.07, 6.45) is 9.30. The molecule has 3 fully saturated rings. The summed E-state index contributed by atoms with van der Waals surface area (Å²) in [5.74, 6) is 1.39. The Morgan fingerprint density at radius 2 is 1.81 bits per heavy atom. The SMILES string of the molecule is O/N=C1/[C@H]2CC[C@@H](C2)[C@H]1N1CCCCCC1. The van der Waals surface area contributed by atoms with Crippen LogP contribution >= 0.6 is 0 Å². The molecule has 0 amide bonds. The fraction of sp³-hybridized carbons (Fsp3) is 0.923. The largest absolute Gasteiger partial charge is 0.411 e. The summed E-state index contributed by atoms with van der Waals surface area (Å²) in [6, 6.07) is 0.488. The van der Waals surface area contributed by atoms with E-state index in [1.807, 2.05) is 0 Å². The highest BCUT2D eigenvalue weighted by Crippen LogP contribution is 2.45. The lowest BCUT2D eigenvalue weighted by Gasteiger charge is -2.33. The molecular weight excluding hydrogens is 200 g/mol. The molecule has 1 aliphatic heterocycles. The molecule has 1 N–H and O–H groups in total. The summed E-state index contributed by atoms with van der Waals surface area (Å²) in [6.45, 7) is 2.43. The fourth-order valence-electron chi connectivity index (χ4n) is 4.05. The Bertz CT molecular complexity index is 282. The fourth-order valence-corrected chi connectivity index (χ4v) is 4.05. The topological polar surface area (TPSA) is 35.8 Å². The average molecular weight is 222 g/mol. The quantitative estimate of drug-likeness (QED) is 0.546. The Labute approximate surface area is 97.5 Å². The van der Waals surface area contributed by atoms with Gasteiger partial charge in [-0.25, -0.2) is 0 Å². The van der Waals surface area contributed by atoms with Crippen LogP contribution in [0.3, 0.4) is 0 Å². The highest BCUT2D eigenvalue weighted by atomic mass is 16.4. The van der Waals surface area contributed by atoms with E-state index < -0.39 is 0 Å². The first kappa shape index (κ1) is 10.6. The molecule has 3 nitrogen and oxygen atoms in total. The van der Waals surface area contributed by atoms with E-state index in [1.165, 1.54) is 58.0 Å². The third-order valence-electron chi connectivity index (χ3n) is 4.79. The minimum Gasteiger partial charge on any atom is -0.411 e. The molecular formula is C13H22N2O. The van der Waals surface area contributed by atoms with Gasteiger partial charge >= 0.3 is 0 Å². The van der Waals surface area contributed by atoms with Gasteiger partial charge in [0.1, 0.15) is 0 Å². The lowest BCUT2D eigenvalue weighted by atomic mass is 9.92. The number of nitrogens with zero attached hydrogens (tertiary/aromatic N) is 2.